The maximum atomic E-state index is 12.9. The van der Waals surface area contributed by atoms with Crippen LogP contribution in [0.25, 0.3) is 0 Å². The average molecular weight is 339 g/mol. The van der Waals surface area contributed by atoms with Crippen molar-refractivity contribution >= 4 is 18.2 Å². The van der Waals surface area contributed by atoms with E-state index in [2.05, 4.69) is 10.4 Å². The topological polar surface area (TPSA) is 102 Å². The van der Waals surface area contributed by atoms with E-state index in [1.165, 1.54) is 18.2 Å². The molecular weight excluding hydrogens is 322 g/mol. The molecule has 0 saturated carbocycles. The molecule has 7 heteroatoms. The molecule has 0 unspecified atom stereocenters. The van der Waals surface area contributed by atoms with Crippen LogP contribution in [-0.4, -0.2) is 33.4 Å². The number of nitrogens with zero attached hydrogens (tertiary/aromatic N) is 2. The van der Waals surface area contributed by atoms with Crippen LogP contribution in [0, 0.1) is 0 Å². The lowest BCUT2D eigenvalue weighted by atomic mass is 9.87. The maximum Gasteiger partial charge on any atom is 0.346 e. The molecule has 1 aliphatic heterocycles. The van der Waals surface area contributed by atoms with Crippen LogP contribution in [0.5, 0.6) is 11.5 Å². The summed E-state index contributed by atoms with van der Waals surface area (Å²) in [6, 6.07) is 12.7. The number of hydrogen-bond donors (Lipinski definition) is 3. The van der Waals surface area contributed by atoms with E-state index in [1.54, 1.807) is 31.2 Å². The number of imide groups is 1. The van der Waals surface area contributed by atoms with E-state index in [1.807, 2.05) is 6.07 Å². The summed E-state index contributed by atoms with van der Waals surface area (Å²) >= 11 is 0. The number of carbonyl (C=O) groups excluding carboxylic acids is 2. The van der Waals surface area contributed by atoms with E-state index < -0.39 is 17.5 Å². The van der Waals surface area contributed by atoms with Gasteiger partial charge in [0.1, 0.15) is 5.54 Å². The van der Waals surface area contributed by atoms with Crippen LogP contribution in [-0.2, 0) is 10.3 Å². The van der Waals surface area contributed by atoms with Crippen molar-refractivity contribution in [2.24, 2.45) is 5.10 Å². The summed E-state index contributed by atoms with van der Waals surface area (Å²) in [4.78, 5) is 25.1. The van der Waals surface area contributed by atoms with Crippen molar-refractivity contribution in [3.63, 3.8) is 0 Å². The molecule has 3 N–H and O–H groups in total. The summed E-state index contributed by atoms with van der Waals surface area (Å²) in [7, 11) is 0. The molecule has 0 aliphatic carbocycles. The third-order valence-electron chi connectivity index (χ3n) is 4.23. The number of amides is 3. The first-order chi connectivity index (χ1) is 12.0. The monoisotopic (exact) mass is 339 g/mol. The SMILES string of the molecule is CC[C@]1(c2ccccc2)NC(=O)N(/N=C/c2cccc(O)c2O)C1=O. The Morgan fingerprint density at radius 1 is 1.12 bits per heavy atom. The summed E-state index contributed by atoms with van der Waals surface area (Å²) in [5, 5.41) is 26.6. The minimum absolute atomic E-state index is 0.189. The molecule has 0 spiro atoms. The molecule has 3 amide bonds. The second-order valence-electron chi connectivity index (χ2n) is 5.63. The molecule has 0 bridgehead atoms. The third kappa shape index (κ3) is 2.69. The van der Waals surface area contributed by atoms with Gasteiger partial charge < -0.3 is 15.5 Å². The minimum atomic E-state index is -1.17. The quantitative estimate of drug-likeness (QED) is 0.452. The molecule has 1 saturated heterocycles. The highest BCUT2D eigenvalue weighted by atomic mass is 16.3. The lowest BCUT2D eigenvalue weighted by Crippen LogP contribution is -2.43. The molecule has 3 rings (SSSR count). The average Bonchev–Trinajstić information content (AvgIpc) is 2.88. The predicted molar refractivity (Wildman–Crippen MR) is 91.2 cm³/mol. The summed E-state index contributed by atoms with van der Waals surface area (Å²) < 4.78 is 0. The molecule has 128 valence electrons. The highest BCUT2D eigenvalue weighted by Crippen LogP contribution is 2.33. The number of para-hydroxylation sites is 1. The summed E-state index contributed by atoms with van der Waals surface area (Å²) in [6.07, 6.45) is 1.52. The Labute approximate surface area is 144 Å². The van der Waals surface area contributed by atoms with E-state index in [9.17, 15) is 19.8 Å². The van der Waals surface area contributed by atoms with Gasteiger partial charge in [0, 0.05) is 5.56 Å². The standard InChI is InChI=1S/C18H17N3O4/c1-2-18(13-8-4-3-5-9-13)16(24)21(17(25)20-18)19-11-12-7-6-10-14(22)15(12)23/h3-11,22-23H,2H2,1H3,(H,20,25)/b19-11+/t18-/m1/s1. The number of benzene rings is 2. The van der Waals surface area contributed by atoms with Gasteiger partial charge in [-0.15, -0.1) is 5.01 Å². The Morgan fingerprint density at radius 2 is 1.84 bits per heavy atom. The number of carbonyl (C=O) groups is 2. The molecular formula is C18H17N3O4. The molecule has 1 aliphatic rings. The van der Waals surface area contributed by atoms with E-state index in [-0.39, 0.29) is 17.1 Å². The first-order valence-corrected chi connectivity index (χ1v) is 7.76. The van der Waals surface area contributed by atoms with Crippen LogP contribution in [0.1, 0.15) is 24.5 Å². The van der Waals surface area contributed by atoms with Gasteiger partial charge in [-0.3, -0.25) is 4.79 Å². The zero-order valence-corrected chi connectivity index (χ0v) is 13.5. The molecule has 0 radical (unpaired) electrons. The molecule has 2 aromatic rings. The van der Waals surface area contributed by atoms with Crippen molar-refractivity contribution in [3.05, 3.63) is 59.7 Å². The van der Waals surface area contributed by atoms with E-state index in [4.69, 9.17) is 0 Å². The number of nitrogens with one attached hydrogen (secondary N) is 1. The molecule has 2 aromatic carbocycles. The number of hydrazone groups is 1. The minimum Gasteiger partial charge on any atom is -0.504 e. The van der Waals surface area contributed by atoms with E-state index in [0.29, 0.717) is 12.0 Å². The van der Waals surface area contributed by atoms with Crippen molar-refractivity contribution in [2.45, 2.75) is 18.9 Å². The zero-order valence-electron chi connectivity index (χ0n) is 13.5. The molecule has 1 heterocycles. The van der Waals surface area contributed by atoms with Gasteiger partial charge >= 0.3 is 6.03 Å². The van der Waals surface area contributed by atoms with Crippen molar-refractivity contribution < 1.29 is 19.8 Å². The fourth-order valence-corrected chi connectivity index (χ4v) is 2.80. The van der Waals surface area contributed by atoms with Gasteiger partial charge in [-0.1, -0.05) is 43.3 Å². The number of hydrogen-bond acceptors (Lipinski definition) is 5. The van der Waals surface area contributed by atoms with Gasteiger partial charge in [-0.25, -0.2) is 4.79 Å². The molecule has 7 nitrogen and oxygen atoms in total. The van der Waals surface area contributed by atoms with Crippen LogP contribution in [0.2, 0.25) is 0 Å². The highest BCUT2D eigenvalue weighted by molar-refractivity contribution is 6.07. The van der Waals surface area contributed by atoms with E-state index >= 15 is 0 Å². The van der Waals surface area contributed by atoms with Crippen LogP contribution < -0.4 is 5.32 Å². The van der Waals surface area contributed by atoms with Crippen LogP contribution in [0.4, 0.5) is 4.79 Å². The lowest BCUT2D eigenvalue weighted by molar-refractivity contribution is -0.131. The maximum absolute atomic E-state index is 12.9. The van der Waals surface area contributed by atoms with Gasteiger partial charge in [-0.2, -0.15) is 5.10 Å². The molecule has 0 aromatic heterocycles. The Balaban J connectivity index is 1.94. The Hall–Kier alpha value is -3.35. The molecule has 25 heavy (non-hydrogen) atoms. The fourth-order valence-electron chi connectivity index (χ4n) is 2.80. The largest absolute Gasteiger partial charge is 0.504 e. The Morgan fingerprint density at radius 3 is 2.52 bits per heavy atom. The van der Waals surface area contributed by atoms with Crippen molar-refractivity contribution in [1.29, 1.82) is 0 Å². The summed E-state index contributed by atoms with van der Waals surface area (Å²) in [5.74, 6) is -1.18. The van der Waals surface area contributed by atoms with Crippen LogP contribution in [0.3, 0.4) is 0 Å². The Kier molecular flexibility index (Phi) is 4.14. The van der Waals surface area contributed by atoms with Gasteiger partial charge in [0.05, 0.1) is 6.21 Å². The van der Waals surface area contributed by atoms with Gasteiger partial charge in [0.25, 0.3) is 5.91 Å². The van der Waals surface area contributed by atoms with Crippen molar-refractivity contribution in [1.82, 2.24) is 10.3 Å². The van der Waals surface area contributed by atoms with Crippen LogP contribution >= 0.6 is 0 Å². The fraction of sp³-hybridized carbons (Fsp3) is 0.167. The van der Waals surface area contributed by atoms with Gasteiger partial charge in [0.2, 0.25) is 0 Å². The third-order valence-corrected chi connectivity index (χ3v) is 4.23. The highest BCUT2D eigenvalue weighted by Gasteiger charge is 2.51. The first kappa shape index (κ1) is 16.5. The number of rotatable bonds is 4. The number of urea groups is 1. The number of aromatic hydroxyl groups is 2. The lowest BCUT2D eigenvalue weighted by Gasteiger charge is -2.24. The summed E-state index contributed by atoms with van der Waals surface area (Å²) in [5.41, 5.74) is -0.306. The summed E-state index contributed by atoms with van der Waals surface area (Å²) in [6.45, 7) is 1.81. The molecule has 1 atom stereocenters. The smallest absolute Gasteiger partial charge is 0.346 e. The molecule has 1 fully saturated rings. The zero-order chi connectivity index (χ0) is 18.0. The number of phenols is 2. The second kappa shape index (κ2) is 6.27. The van der Waals surface area contributed by atoms with Gasteiger partial charge in [-0.05, 0) is 24.1 Å². The first-order valence-electron chi connectivity index (χ1n) is 7.76. The van der Waals surface area contributed by atoms with Crippen molar-refractivity contribution in [2.75, 3.05) is 0 Å². The van der Waals surface area contributed by atoms with Gasteiger partial charge in [0.15, 0.2) is 11.5 Å². The Bertz CT molecular complexity index is 851. The second-order valence-corrected chi connectivity index (χ2v) is 5.63. The predicted octanol–water partition coefficient (Wildman–Crippen LogP) is 2.29. The van der Waals surface area contributed by atoms with Crippen LogP contribution in [0.15, 0.2) is 53.6 Å². The number of phenolic OH excluding ortho intramolecular Hbond substituents is 2. The normalized spacial score (nSPS) is 20.3. The van der Waals surface area contributed by atoms with E-state index in [0.717, 1.165) is 11.2 Å². The van der Waals surface area contributed by atoms with Crippen molar-refractivity contribution in [3.8, 4) is 11.5 Å².